The van der Waals surface area contributed by atoms with E-state index >= 15 is 0 Å². The monoisotopic (exact) mass is 368 g/mol. The summed E-state index contributed by atoms with van der Waals surface area (Å²) in [5, 5.41) is 0.220. The Labute approximate surface area is 140 Å². The Bertz CT molecular complexity index is 1160. The molecular formula is C15H7F3N2O2S2. The first-order chi connectivity index (χ1) is 11.3. The molecular weight excluding hydrogens is 361 g/mol. The second kappa shape index (κ2) is 4.87. The molecule has 4 rings (SSSR count). The first-order valence-corrected chi connectivity index (χ1v) is 8.26. The number of H-pyrrole nitrogens is 1. The van der Waals surface area contributed by atoms with Crippen LogP contribution in [0.2, 0.25) is 0 Å². The molecule has 9 heteroatoms. The van der Waals surface area contributed by atoms with Gasteiger partial charge in [0.25, 0.3) is 5.56 Å². The SMILES string of the molecule is O=c1[nH]c(=S)n2c3c(cccc13)S(=O)c1ccc(C(F)(F)F)cc1-2. The predicted molar refractivity (Wildman–Crippen MR) is 84.4 cm³/mol. The van der Waals surface area contributed by atoms with Crippen molar-refractivity contribution in [3.05, 3.63) is 57.1 Å². The van der Waals surface area contributed by atoms with Gasteiger partial charge in [-0.05, 0) is 42.5 Å². The summed E-state index contributed by atoms with van der Waals surface area (Å²) < 4.78 is 53.2. The lowest BCUT2D eigenvalue weighted by atomic mass is 10.1. The van der Waals surface area contributed by atoms with E-state index < -0.39 is 28.1 Å². The zero-order chi connectivity index (χ0) is 17.2. The van der Waals surface area contributed by atoms with E-state index in [1.807, 2.05) is 0 Å². The molecule has 0 amide bonds. The van der Waals surface area contributed by atoms with Gasteiger partial charge in [0, 0.05) is 0 Å². The minimum Gasteiger partial charge on any atom is -0.298 e. The van der Waals surface area contributed by atoms with Gasteiger partial charge in [0.1, 0.15) is 0 Å². The van der Waals surface area contributed by atoms with Crippen LogP contribution in [0.5, 0.6) is 0 Å². The van der Waals surface area contributed by atoms with E-state index in [1.165, 1.54) is 16.7 Å². The average molecular weight is 368 g/mol. The summed E-state index contributed by atoms with van der Waals surface area (Å²) in [5.41, 5.74) is -1.01. The normalized spacial score (nSPS) is 16.2. The van der Waals surface area contributed by atoms with E-state index in [9.17, 15) is 22.2 Å². The summed E-state index contributed by atoms with van der Waals surface area (Å²) in [6.45, 7) is 0. The maximum atomic E-state index is 13.0. The van der Waals surface area contributed by atoms with Crippen LogP contribution in [-0.4, -0.2) is 13.8 Å². The van der Waals surface area contributed by atoms with Gasteiger partial charge in [0.15, 0.2) is 4.77 Å². The van der Waals surface area contributed by atoms with Crippen LogP contribution >= 0.6 is 12.2 Å². The molecule has 0 fully saturated rings. The summed E-state index contributed by atoms with van der Waals surface area (Å²) >= 11 is 5.14. The highest BCUT2D eigenvalue weighted by Crippen LogP contribution is 2.38. The Kier molecular flexibility index (Phi) is 3.10. The number of aromatic amines is 1. The van der Waals surface area contributed by atoms with Gasteiger partial charge in [-0.1, -0.05) is 6.07 Å². The maximum Gasteiger partial charge on any atom is 0.416 e. The van der Waals surface area contributed by atoms with Crippen LogP contribution in [0.15, 0.2) is 51.0 Å². The molecule has 1 aliphatic rings. The maximum absolute atomic E-state index is 13.0. The smallest absolute Gasteiger partial charge is 0.298 e. The van der Waals surface area contributed by atoms with Crippen LogP contribution in [0.25, 0.3) is 16.6 Å². The molecule has 1 aliphatic heterocycles. The number of fused-ring (bicyclic) bond motifs is 2. The number of halogens is 3. The van der Waals surface area contributed by atoms with Crippen LogP contribution in [-0.2, 0) is 17.0 Å². The molecule has 0 radical (unpaired) electrons. The van der Waals surface area contributed by atoms with Gasteiger partial charge in [-0.2, -0.15) is 13.2 Å². The molecule has 0 aliphatic carbocycles. The molecule has 1 unspecified atom stereocenters. The van der Waals surface area contributed by atoms with Crippen LogP contribution in [0.1, 0.15) is 5.56 Å². The number of aromatic nitrogens is 2. The van der Waals surface area contributed by atoms with Gasteiger partial charge in [-0.25, -0.2) is 4.21 Å². The van der Waals surface area contributed by atoms with Gasteiger partial charge in [-0.15, -0.1) is 0 Å². The van der Waals surface area contributed by atoms with Gasteiger partial charge in [-0.3, -0.25) is 14.3 Å². The number of rotatable bonds is 0. The minimum atomic E-state index is -4.54. The van der Waals surface area contributed by atoms with E-state index in [-0.39, 0.29) is 26.3 Å². The summed E-state index contributed by atoms with van der Waals surface area (Å²) in [6, 6.07) is 7.63. The van der Waals surface area contributed by atoms with Crippen LogP contribution in [0.3, 0.4) is 0 Å². The van der Waals surface area contributed by atoms with Crippen molar-refractivity contribution < 1.29 is 17.4 Å². The van der Waals surface area contributed by atoms with Crippen molar-refractivity contribution >= 4 is 33.9 Å². The molecule has 4 nitrogen and oxygen atoms in total. The molecule has 1 atom stereocenters. The fraction of sp³-hybridized carbons (Fsp3) is 0.0667. The third kappa shape index (κ3) is 2.01. The molecule has 0 spiro atoms. The van der Waals surface area contributed by atoms with Crippen molar-refractivity contribution in [1.29, 1.82) is 0 Å². The molecule has 24 heavy (non-hydrogen) atoms. The van der Waals surface area contributed by atoms with Crippen molar-refractivity contribution in [2.24, 2.45) is 0 Å². The van der Waals surface area contributed by atoms with Gasteiger partial charge < -0.3 is 0 Å². The van der Waals surface area contributed by atoms with Crippen molar-refractivity contribution in [2.75, 3.05) is 0 Å². The third-order valence-electron chi connectivity index (χ3n) is 3.82. The molecule has 1 N–H and O–H groups in total. The first kappa shape index (κ1) is 15.3. The lowest BCUT2D eigenvalue weighted by molar-refractivity contribution is -0.137. The molecule has 3 aromatic rings. The van der Waals surface area contributed by atoms with Crippen molar-refractivity contribution in [2.45, 2.75) is 16.0 Å². The number of para-hydroxylation sites is 1. The highest BCUT2D eigenvalue weighted by Gasteiger charge is 2.33. The highest BCUT2D eigenvalue weighted by atomic mass is 32.2. The number of nitrogens with zero attached hydrogens (tertiary/aromatic N) is 1. The summed E-state index contributed by atoms with van der Waals surface area (Å²) in [6.07, 6.45) is -4.54. The van der Waals surface area contributed by atoms with Crippen molar-refractivity contribution in [3.8, 4) is 5.69 Å². The van der Waals surface area contributed by atoms with E-state index in [1.54, 1.807) is 12.1 Å². The van der Waals surface area contributed by atoms with Crippen LogP contribution in [0, 0.1) is 4.77 Å². The molecule has 2 heterocycles. The highest BCUT2D eigenvalue weighted by molar-refractivity contribution is 7.85. The third-order valence-corrected chi connectivity index (χ3v) is 5.58. The van der Waals surface area contributed by atoms with E-state index in [2.05, 4.69) is 4.98 Å². The van der Waals surface area contributed by atoms with Gasteiger partial charge >= 0.3 is 6.18 Å². The summed E-state index contributed by atoms with van der Waals surface area (Å²) in [5.74, 6) is 0. The number of hydrogen-bond donors (Lipinski definition) is 1. The summed E-state index contributed by atoms with van der Waals surface area (Å²) in [7, 11) is -1.70. The lowest BCUT2D eigenvalue weighted by Gasteiger charge is -2.23. The quantitative estimate of drug-likeness (QED) is 0.483. The Morgan fingerprint density at radius 1 is 1.12 bits per heavy atom. The lowest BCUT2D eigenvalue weighted by Crippen LogP contribution is -2.20. The molecule has 0 saturated carbocycles. The fourth-order valence-electron chi connectivity index (χ4n) is 2.78. The minimum absolute atomic E-state index is 0.0442. The first-order valence-electron chi connectivity index (χ1n) is 6.70. The molecule has 1 aromatic heterocycles. The van der Waals surface area contributed by atoms with E-state index in [0.29, 0.717) is 4.90 Å². The molecule has 122 valence electrons. The number of nitrogens with one attached hydrogen (secondary N) is 1. The van der Waals surface area contributed by atoms with Crippen molar-refractivity contribution in [1.82, 2.24) is 9.55 Å². The van der Waals surface area contributed by atoms with Gasteiger partial charge in [0.2, 0.25) is 0 Å². The summed E-state index contributed by atoms with van der Waals surface area (Å²) in [4.78, 5) is 15.1. The molecule has 0 bridgehead atoms. The Hall–Kier alpha value is -2.26. The standard InChI is InChI=1S/C15H7F3N2O2S2/c16-15(17,18)7-4-5-10-9(6-7)20-12-8(13(21)19-14(20)23)2-1-3-11(12)24(10)22/h1-6H,(H,19,21,23). The zero-order valence-electron chi connectivity index (χ0n) is 11.7. The second-order valence-corrected chi connectivity index (χ2v) is 7.00. The van der Waals surface area contributed by atoms with Gasteiger partial charge in [0.05, 0.1) is 42.7 Å². The zero-order valence-corrected chi connectivity index (χ0v) is 13.3. The Morgan fingerprint density at radius 3 is 2.58 bits per heavy atom. The molecule has 0 saturated heterocycles. The predicted octanol–water partition coefficient (Wildman–Crippen LogP) is 3.55. The molecule has 2 aromatic carbocycles. The van der Waals surface area contributed by atoms with E-state index in [0.717, 1.165) is 12.1 Å². The second-order valence-electron chi connectivity index (χ2n) is 5.20. The van der Waals surface area contributed by atoms with Crippen LogP contribution < -0.4 is 5.56 Å². The Balaban J connectivity index is 2.23. The topological polar surface area (TPSA) is 54.9 Å². The Morgan fingerprint density at radius 2 is 1.88 bits per heavy atom. The fourth-order valence-corrected chi connectivity index (χ4v) is 4.41. The van der Waals surface area contributed by atoms with E-state index in [4.69, 9.17) is 12.2 Å². The number of benzene rings is 2. The average Bonchev–Trinajstić information content (AvgIpc) is 2.52. The number of hydrogen-bond acceptors (Lipinski definition) is 3. The number of alkyl halides is 3. The van der Waals surface area contributed by atoms with Crippen molar-refractivity contribution in [3.63, 3.8) is 0 Å². The van der Waals surface area contributed by atoms with Crippen LogP contribution in [0.4, 0.5) is 13.2 Å². The largest absolute Gasteiger partial charge is 0.416 e.